The number of aromatic nitrogens is 7. The third kappa shape index (κ3) is 3.83. The number of likely N-dealkylation sites (N-methyl/N-ethyl adjacent to an activating group) is 1. The van der Waals surface area contributed by atoms with Gasteiger partial charge >= 0.3 is 0 Å². The van der Waals surface area contributed by atoms with Crippen molar-refractivity contribution < 1.29 is 8.78 Å². The molecule has 0 unspecified atom stereocenters. The molecule has 0 saturated carbocycles. The van der Waals surface area contributed by atoms with Crippen LogP contribution in [-0.2, 0) is 13.6 Å². The van der Waals surface area contributed by atoms with Gasteiger partial charge in [0.15, 0.2) is 23.1 Å². The first-order chi connectivity index (χ1) is 17.0. The van der Waals surface area contributed by atoms with Gasteiger partial charge in [0.05, 0.1) is 35.8 Å². The van der Waals surface area contributed by atoms with Crippen LogP contribution in [0.3, 0.4) is 0 Å². The maximum absolute atomic E-state index is 14.1. The predicted molar refractivity (Wildman–Crippen MR) is 129 cm³/mol. The minimum Gasteiger partial charge on any atom is -0.360 e. The fraction of sp³-hybridized carbons (Fsp3) is 0.250. The number of aromatic amines is 1. The van der Waals surface area contributed by atoms with E-state index in [-0.39, 0.29) is 12.1 Å². The number of halogens is 2. The third-order valence-electron chi connectivity index (χ3n) is 6.25. The molecule has 35 heavy (non-hydrogen) atoms. The molecule has 1 aliphatic heterocycles. The highest BCUT2D eigenvalue weighted by Gasteiger charge is 2.18. The van der Waals surface area contributed by atoms with Gasteiger partial charge in [-0.3, -0.25) is 9.08 Å². The molecule has 4 aromatic heterocycles. The number of hydrogen-bond acceptors (Lipinski definition) is 6. The molecule has 0 amide bonds. The first-order valence-corrected chi connectivity index (χ1v) is 11.3. The second-order valence-electron chi connectivity index (χ2n) is 8.75. The van der Waals surface area contributed by atoms with E-state index >= 15 is 0 Å². The minimum atomic E-state index is -0.962. The molecule has 0 bridgehead atoms. The van der Waals surface area contributed by atoms with Crippen molar-refractivity contribution >= 4 is 28.1 Å². The Labute approximate surface area is 199 Å². The number of imidazole rings is 2. The van der Waals surface area contributed by atoms with Gasteiger partial charge < -0.3 is 15.2 Å². The lowest BCUT2D eigenvalue weighted by atomic mass is 10.1. The van der Waals surface area contributed by atoms with Gasteiger partial charge in [-0.1, -0.05) is 6.08 Å². The van der Waals surface area contributed by atoms with Gasteiger partial charge in [-0.05, 0) is 31.2 Å². The van der Waals surface area contributed by atoms with Gasteiger partial charge in [-0.2, -0.15) is 5.10 Å². The molecular weight excluding hydrogens is 452 g/mol. The summed E-state index contributed by atoms with van der Waals surface area (Å²) in [5.74, 6) is -0.848. The summed E-state index contributed by atoms with van der Waals surface area (Å²) in [5, 5.41) is 7.58. The van der Waals surface area contributed by atoms with Crippen LogP contribution in [0.1, 0.15) is 17.9 Å². The fourth-order valence-corrected chi connectivity index (χ4v) is 4.35. The summed E-state index contributed by atoms with van der Waals surface area (Å²) in [5.41, 5.74) is 4.92. The Bertz CT molecular complexity index is 1590. The SMILES string of the molecule is CN1CC=C(c2cn3c(-c4cnn(C)c4)cnc3c(NCc3nc4c(F)c(F)ccc4[nH]3)n2)CC1. The summed E-state index contributed by atoms with van der Waals surface area (Å²) in [6.45, 7) is 2.05. The number of hydrogen-bond donors (Lipinski definition) is 2. The van der Waals surface area contributed by atoms with E-state index < -0.39 is 11.6 Å². The zero-order chi connectivity index (χ0) is 24.1. The van der Waals surface area contributed by atoms with Crippen LogP contribution in [-0.4, -0.2) is 59.2 Å². The standard InChI is InChI=1S/C24H23F2N9/c1-33-7-5-14(6-8-33)18-13-35-19(15-9-29-34(2)12-15)10-28-24(35)23(31-18)27-11-20-30-17-4-3-16(25)21(26)22(17)32-20/h3-5,9-10,12-13H,6-8,11H2,1-2H3,(H,27,31)(H,30,32). The molecule has 6 rings (SSSR count). The number of fused-ring (bicyclic) bond motifs is 2. The molecule has 1 aliphatic rings. The number of anilines is 1. The Kier molecular flexibility index (Phi) is 5.06. The quantitative estimate of drug-likeness (QED) is 0.404. The lowest BCUT2D eigenvalue weighted by Crippen LogP contribution is -2.24. The number of nitrogens with one attached hydrogen (secondary N) is 2. The Hall–Kier alpha value is -4.12. The van der Waals surface area contributed by atoms with Crippen LogP contribution in [0.4, 0.5) is 14.6 Å². The van der Waals surface area contributed by atoms with Crippen LogP contribution in [0.2, 0.25) is 0 Å². The zero-order valence-corrected chi connectivity index (χ0v) is 19.3. The van der Waals surface area contributed by atoms with E-state index in [0.717, 1.165) is 42.5 Å². The van der Waals surface area contributed by atoms with Crippen molar-refractivity contribution in [1.29, 1.82) is 0 Å². The lowest BCUT2D eigenvalue weighted by molar-refractivity contribution is 0.369. The number of aryl methyl sites for hydroxylation is 1. The molecular formula is C24H23F2N9. The van der Waals surface area contributed by atoms with Crippen molar-refractivity contribution in [1.82, 2.24) is 39.0 Å². The molecule has 5 heterocycles. The summed E-state index contributed by atoms with van der Waals surface area (Å²) >= 11 is 0. The summed E-state index contributed by atoms with van der Waals surface area (Å²) in [6.07, 6.45) is 10.6. The van der Waals surface area contributed by atoms with Crippen LogP contribution >= 0.6 is 0 Å². The summed E-state index contributed by atoms with van der Waals surface area (Å²) in [4.78, 5) is 19.0. The first kappa shape index (κ1) is 21.4. The van der Waals surface area contributed by atoms with E-state index in [9.17, 15) is 8.78 Å². The van der Waals surface area contributed by atoms with Gasteiger partial charge in [0.2, 0.25) is 0 Å². The van der Waals surface area contributed by atoms with Crippen molar-refractivity contribution in [3.05, 3.63) is 66.1 Å². The van der Waals surface area contributed by atoms with Crippen molar-refractivity contribution in [3.63, 3.8) is 0 Å². The summed E-state index contributed by atoms with van der Waals surface area (Å²) in [6, 6.07) is 2.56. The highest BCUT2D eigenvalue weighted by molar-refractivity contribution is 5.76. The van der Waals surface area contributed by atoms with E-state index in [0.29, 0.717) is 22.8 Å². The fourth-order valence-electron chi connectivity index (χ4n) is 4.35. The highest BCUT2D eigenvalue weighted by Crippen LogP contribution is 2.28. The van der Waals surface area contributed by atoms with E-state index in [2.05, 4.69) is 43.4 Å². The van der Waals surface area contributed by atoms with Crippen molar-refractivity contribution in [3.8, 4) is 11.3 Å². The van der Waals surface area contributed by atoms with Crippen molar-refractivity contribution in [2.45, 2.75) is 13.0 Å². The first-order valence-electron chi connectivity index (χ1n) is 11.3. The van der Waals surface area contributed by atoms with Crippen LogP contribution in [0.25, 0.3) is 33.5 Å². The Morgan fingerprint density at radius 1 is 1.11 bits per heavy atom. The van der Waals surface area contributed by atoms with E-state index in [4.69, 9.17) is 4.98 Å². The van der Waals surface area contributed by atoms with Gasteiger partial charge in [0.1, 0.15) is 11.3 Å². The van der Waals surface area contributed by atoms with Crippen LogP contribution in [0, 0.1) is 11.6 Å². The monoisotopic (exact) mass is 475 g/mol. The van der Waals surface area contributed by atoms with Crippen molar-refractivity contribution in [2.24, 2.45) is 7.05 Å². The molecule has 2 N–H and O–H groups in total. The largest absolute Gasteiger partial charge is 0.360 e. The Morgan fingerprint density at radius 3 is 2.77 bits per heavy atom. The molecule has 0 radical (unpaired) electrons. The zero-order valence-electron chi connectivity index (χ0n) is 19.3. The Morgan fingerprint density at radius 2 is 2.00 bits per heavy atom. The van der Waals surface area contributed by atoms with E-state index in [1.54, 1.807) is 17.1 Å². The summed E-state index contributed by atoms with van der Waals surface area (Å²) < 4.78 is 31.5. The third-order valence-corrected chi connectivity index (χ3v) is 6.25. The van der Waals surface area contributed by atoms with Crippen LogP contribution in [0.5, 0.6) is 0 Å². The topological polar surface area (TPSA) is 92.0 Å². The molecule has 0 aliphatic carbocycles. The smallest absolute Gasteiger partial charge is 0.186 e. The molecule has 0 spiro atoms. The van der Waals surface area contributed by atoms with Gasteiger partial charge in [0.25, 0.3) is 0 Å². The molecule has 178 valence electrons. The maximum atomic E-state index is 14.1. The van der Waals surface area contributed by atoms with Gasteiger partial charge in [-0.25, -0.2) is 23.7 Å². The normalized spacial score (nSPS) is 14.7. The van der Waals surface area contributed by atoms with E-state index in [1.807, 2.05) is 23.8 Å². The molecule has 0 fully saturated rings. The molecule has 11 heteroatoms. The summed E-state index contributed by atoms with van der Waals surface area (Å²) in [7, 11) is 3.97. The molecule has 1 aromatic carbocycles. The average molecular weight is 476 g/mol. The van der Waals surface area contributed by atoms with Crippen LogP contribution in [0.15, 0.2) is 43.0 Å². The highest BCUT2D eigenvalue weighted by atomic mass is 19.2. The number of rotatable bonds is 5. The predicted octanol–water partition coefficient (Wildman–Crippen LogP) is 3.62. The van der Waals surface area contributed by atoms with Gasteiger partial charge in [0, 0.05) is 38.1 Å². The molecule has 9 nitrogen and oxygen atoms in total. The van der Waals surface area contributed by atoms with Crippen LogP contribution < -0.4 is 5.32 Å². The maximum Gasteiger partial charge on any atom is 0.186 e. The Balaban J connectivity index is 1.40. The van der Waals surface area contributed by atoms with Gasteiger partial charge in [-0.15, -0.1) is 0 Å². The molecule has 0 atom stereocenters. The second kappa shape index (κ2) is 8.27. The minimum absolute atomic E-state index is 0.0233. The van der Waals surface area contributed by atoms with E-state index in [1.165, 1.54) is 11.6 Å². The van der Waals surface area contributed by atoms with Crippen molar-refractivity contribution in [2.75, 3.05) is 25.5 Å². The number of nitrogens with zero attached hydrogens (tertiary/aromatic N) is 7. The number of benzene rings is 1. The molecule has 0 saturated heterocycles. The second-order valence-corrected chi connectivity index (χ2v) is 8.75. The number of H-pyrrole nitrogens is 1. The lowest BCUT2D eigenvalue weighted by Gasteiger charge is -2.22. The molecule has 5 aromatic rings. The average Bonchev–Trinajstić information content (AvgIpc) is 3.58.